The van der Waals surface area contributed by atoms with Gasteiger partial charge in [-0.3, -0.25) is 0 Å². The van der Waals surface area contributed by atoms with E-state index in [0.29, 0.717) is 11.9 Å². The van der Waals surface area contributed by atoms with Gasteiger partial charge in [-0.15, -0.1) is 11.6 Å². The topological polar surface area (TPSA) is 3.24 Å². The standard InChI is InChI=1S/C14H19BrClN/c1-10-3-4-11(2)17(9-10)14-6-5-13(15)7-12(14)8-16/h5-7,10-11H,3-4,8-9H2,1-2H3. The predicted molar refractivity (Wildman–Crippen MR) is 78.9 cm³/mol. The molecule has 0 aliphatic carbocycles. The lowest BCUT2D eigenvalue weighted by atomic mass is 9.94. The van der Waals surface area contributed by atoms with Crippen molar-refractivity contribution in [2.75, 3.05) is 11.4 Å². The summed E-state index contributed by atoms with van der Waals surface area (Å²) in [7, 11) is 0. The lowest BCUT2D eigenvalue weighted by Gasteiger charge is -2.39. The number of benzene rings is 1. The zero-order chi connectivity index (χ0) is 12.4. The molecule has 0 saturated carbocycles. The molecule has 1 saturated heterocycles. The maximum Gasteiger partial charge on any atom is 0.0494 e. The summed E-state index contributed by atoms with van der Waals surface area (Å²) >= 11 is 9.57. The number of anilines is 1. The van der Waals surface area contributed by atoms with Crippen LogP contribution in [0.25, 0.3) is 0 Å². The zero-order valence-electron chi connectivity index (χ0n) is 10.4. The van der Waals surface area contributed by atoms with Gasteiger partial charge in [-0.05, 0) is 49.4 Å². The molecular formula is C14H19BrClN. The van der Waals surface area contributed by atoms with Gasteiger partial charge in [-0.1, -0.05) is 22.9 Å². The first-order chi connectivity index (χ1) is 8.11. The summed E-state index contributed by atoms with van der Waals surface area (Å²) in [6.45, 7) is 5.79. The molecule has 0 spiro atoms. The van der Waals surface area contributed by atoms with Gasteiger partial charge < -0.3 is 4.90 Å². The third-order valence-corrected chi connectivity index (χ3v) is 4.39. The minimum Gasteiger partial charge on any atom is -0.368 e. The van der Waals surface area contributed by atoms with E-state index in [2.05, 4.69) is 52.9 Å². The molecule has 1 heterocycles. The molecule has 3 heteroatoms. The largest absolute Gasteiger partial charge is 0.368 e. The van der Waals surface area contributed by atoms with Crippen LogP contribution in [-0.4, -0.2) is 12.6 Å². The molecular weight excluding hydrogens is 298 g/mol. The highest BCUT2D eigenvalue weighted by molar-refractivity contribution is 9.10. The van der Waals surface area contributed by atoms with Crippen LogP contribution in [0.3, 0.4) is 0 Å². The molecule has 2 rings (SSSR count). The monoisotopic (exact) mass is 315 g/mol. The number of halogens is 2. The summed E-state index contributed by atoms with van der Waals surface area (Å²) in [5.41, 5.74) is 2.53. The van der Waals surface area contributed by atoms with Crippen LogP contribution < -0.4 is 4.90 Å². The molecule has 2 unspecified atom stereocenters. The summed E-state index contributed by atoms with van der Waals surface area (Å²) in [5.74, 6) is 1.35. The van der Waals surface area contributed by atoms with Crippen LogP contribution in [-0.2, 0) is 5.88 Å². The summed E-state index contributed by atoms with van der Waals surface area (Å²) in [4.78, 5) is 2.51. The fourth-order valence-electron chi connectivity index (χ4n) is 2.57. The Hall–Kier alpha value is -0.210. The Morgan fingerprint density at radius 3 is 2.82 bits per heavy atom. The normalized spacial score (nSPS) is 25.1. The lowest BCUT2D eigenvalue weighted by molar-refractivity contribution is 0.390. The third-order valence-electron chi connectivity index (χ3n) is 3.61. The summed E-state index contributed by atoms with van der Waals surface area (Å²) in [6, 6.07) is 7.05. The second kappa shape index (κ2) is 5.62. The Morgan fingerprint density at radius 1 is 1.35 bits per heavy atom. The number of hydrogen-bond donors (Lipinski definition) is 0. The number of piperidine rings is 1. The average molecular weight is 317 g/mol. The summed E-state index contributed by atoms with van der Waals surface area (Å²) < 4.78 is 1.11. The van der Waals surface area contributed by atoms with Gasteiger partial charge in [0.25, 0.3) is 0 Å². The van der Waals surface area contributed by atoms with E-state index >= 15 is 0 Å². The molecule has 0 N–H and O–H groups in total. The second-order valence-corrected chi connectivity index (χ2v) is 6.27. The first-order valence-electron chi connectivity index (χ1n) is 6.23. The van der Waals surface area contributed by atoms with E-state index < -0.39 is 0 Å². The Labute approximate surface area is 117 Å². The van der Waals surface area contributed by atoms with Crippen molar-refractivity contribution in [2.24, 2.45) is 5.92 Å². The highest BCUT2D eigenvalue weighted by Gasteiger charge is 2.24. The fourth-order valence-corrected chi connectivity index (χ4v) is 3.19. The van der Waals surface area contributed by atoms with Gasteiger partial charge in [0.15, 0.2) is 0 Å². The van der Waals surface area contributed by atoms with E-state index in [1.54, 1.807) is 0 Å². The second-order valence-electron chi connectivity index (χ2n) is 5.09. The van der Waals surface area contributed by atoms with E-state index in [1.165, 1.54) is 24.1 Å². The van der Waals surface area contributed by atoms with Crippen molar-refractivity contribution in [3.05, 3.63) is 28.2 Å². The van der Waals surface area contributed by atoms with E-state index in [0.717, 1.165) is 16.9 Å². The van der Waals surface area contributed by atoms with Gasteiger partial charge in [0, 0.05) is 28.6 Å². The van der Waals surface area contributed by atoms with Crippen molar-refractivity contribution >= 4 is 33.2 Å². The molecule has 1 aliphatic heterocycles. The van der Waals surface area contributed by atoms with Crippen LogP contribution in [0.5, 0.6) is 0 Å². The first-order valence-corrected chi connectivity index (χ1v) is 7.55. The Morgan fingerprint density at radius 2 is 2.12 bits per heavy atom. The molecule has 94 valence electrons. The molecule has 1 aromatic carbocycles. The average Bonchev–Trinajstić information content (AvgIpc) is 2.32. The zero-order valence-corrected chi connectivity index (χ0v) is 12.8. The predicted octanol–water partition coefficient (Wildman–Crippen LogP) is 4.81. The van der Waals surface area contributed by atoms with Crippen LogP contribution in [0, 0.1) is 5.92 Å². The Kier molecular flexibility index (Phi) is 4.37. The Bertz CT molecular complexity index is 394. The van der Waals surface area contributed by atoms with Crippen LogP contribution >= 0.6 is 27.5 Å². The molecule has 0 amide bonds. The molecule has 1 nitrogen and oxygen atoms in total. The van der Waals surface area contributed by atoms with E-state index in [-0.39, 0.29) is 0 Å². The van der Waals surface area contributed by atoms with Crippen molar-refractivity contribution in [3.63, 3.8) is 0 Å². The Balaban J connectivity index is 2.31. The smallest absolute Gasteiger partial charge is 0.0494 e. The van der Waals surface area contributed by atoms with E-state index in [9.17, 15) is 0 Å². The van der Waals surface area contributed by atoms with Crippen molar-refractivity contribution in [1.29, 1.82) is 0 Å². The summed E-state index contributed by atoms with van der Waals surface area (Å²) in [5, 5.41) is 0. The van der Waals surface area contributed by atoms with Gasteiger partial charge >= 0.3 is 0 Å². The van der Waals surface area contributed by atoms with Crippen LogP contribution in [0.4, 0.5) is 5.69 Å². The minimum atomic E-state index is 0.576. The molecule has 0 bridgehead atoms. The number of hydrogen-bond acceptors (Lipinski definition) is 1. The van der Waals surface area contributed by atoms with Crippen molar-refractivity contribution < 1.29 is 0 Å². The number of alkyl halides is 1. The van der Waals surface area contributed by atoms with Gasteiger partial charge in [0.05, 0.1) is 0 Å². The van der Waals surface area contributed by atoms with Gasteiger partial charge in [-0.2, -0.15) is 0 Å². The molecule has 1 fully saturated rings. The molecule has 17 heavy (non-hydrogen) atoms. The number of rotatable bonds is 2. The number of nitrogens with zero attached hydrogens (tertiary/aromatic N) is 1. The van der Waals surface area contributed by atoms with Crippen LogP contribution in [0.15, 0.2) is 22.7 Å². The fraction of sp³-hybridized carbons (Fsp3) is 0.571. The van der Waals surface area contributed by atoms with Crippen LogP contribution in [0.2, 0.25) is 0 Å². The maximum absolute atomic E-state index is 6.06. The van der Waals surface area contributed by atoms with Gasteiger partial charge in [0.1, 0.15) is 0 Å². The van der Waals surface area contributed by atoms with Gasteiger partial charge in [0.2, 0.25) is 0 Å². The van der Waals surface area contributed by atoms with E-state index in [1.807, 2.05) is 0 Å². The quantitative estimate of drug-likeness (QED) is 0.708. The van der Waals surface area contributed by atoms with Crippen molar-refractivity contribution in [1.82, 2.24) is 0 Å². The lowest BCUT2D eigenvalue weighted by Crippen LogP contribution is -2.41. The van der Waals surface area contributed by atoms with Crippen LogP contribution in [0.1, 0.15) is 32.3 Å². The van der Waals surface area contributed by atoms with Crippen molar-refractivity contribution in [2.45, 2.75) is 38.6 Å². The first kappa shape index (κ1) is 13.2. The molecule has 2 atom stereocenters. The molecule has 1 aliphatic rings. The SMILES string of the molecule is CC1CCC(C)N(c2ccc(Br)cc2CCl)C1. The summed E-state index contributed by atoms with van der Waals surface area (Å²) in [6.07, 6.45) is 2.61. The third kappa shape index (κ3) is 2.97. The molecule has 1 aromatic rings. The maximum atomic E-state index is 6.06. The van der Waals surface area contributed by atoms with Gasteiger partial charge in [-0.25, -0.2) is 0 Å². The highest BCUT2D eigenvalue weighted by atomic mass is 79.9. The molecule has 0 radical (unpaired) electrons. The minimum absolute atomic E-state index is 0.576. The van der Waals surface area contributed by atoms with Crippen molar-refractivity contribution in [3.8, 4) is 0 Å². The van der Waals surface area contributed by atoms with E-state index in [4.69, 9.17) is 11.6 Å². The molecule has 0 aromatic heterocycles. The highest BCUT2D eigenvalue weighted by Crippen LogP contribution is 2.32.